The van der Waals surface area contributed by atoms with Crippen molar-refractivity contribution in [1.82, 2.24) is 5.43 Å². The summed E-state index contributed by atoms with van der Waals surface area (Å²) in [5.74, 6) is 0. The van der Waals surface area contributed by atoms with E-state index in [4.69, 9.17) is 0 Å². The SMILES string of the molecule is CC1(O)NN(c2ccc(C(F)(F)F)cc2C(F)(F)F)C=C1[N+](=O)[O-]. The lowest BCUT2D eigenvalue weighted by molar-refractivity contribution is -0.443. The number of alkyl halides is 6. The highest BCUT2D eigenvalue weighted by Crippen LogP contribution is 2.41. The van der Waals surface area contributed by atoms with Crippen molar-refractivity contribution in [2.75, 3.05) is 5.01 Å². The highest BCUT2D eigenvalue weighted by atomic mass is 19.4. The minimum atomic E-state index is -5.16. The fraction of sp³-hybridized carbons (Fsp3) is 0.333. The first-order valence-corrected chi connectivity index (χ1v) is 6.18. The summed E-state index contributed by atoms with van der Waals surface area (Å²) in [7, 11) is 0. The molecule has 0 spiro atoms. The maximum absolute atomic E-state index is 13.1. The van der Waals surface area contributed by atoms with Crippen LogP contribution < -0.4 is 10.4 Å². The molecule has 1 aromatic rings. The number of hydrogen-bond donors (Lipinski definition) is 2. The number of hydrazine groups is 1. The minimum Gasteiger partial charge on any atom is -0.365 e. The average molecular weight is 357 g/mol. The summed E-state index contributed by atoms with van der Waals surface area (Å²) >= 11 is 0. The summed E-state index contributed by atoms with van der Waals surface area (Å²) in [6.45, 7) is 0.916. The van der Waals surface area contributed by atoms with E-state index in [-0.39, 0.29) is 6.07 Å². The Kier molecular flexibility index (Phi) is 4.01. The molecule has 1 unspecified atom stereocenters. The third-order valence-corrected chi connectivity index (χ3v) is 3.17. The Morgan fingerprint density at radius 1 is 1.21 bits per heavy atom. The lowest BCUT2D eigenvalue weighted by Gasteiger charge is -2.25. The molecule has 132 valence electrons. The summed E-state index contributed by atoms with van der Waals surface area (Å²) in [5, 5.41) is 21.1. The van der Waals surface area contributed by atoms with Crippen LogP contribution in [-0.2, 0) is 12.4 Å². The van der Waals surface area contributed by atoms with Crippen molar-refractivity contribution >= 4 is 5.69 Å². The van der Waals surface area contributed by atoms with E-state index in [0.29, 0.717) is 23.3 Å². The van der Waals surface area contributed by atoms with E-state index in [0.717, 1.165) is 6.92 Å². The second kappa shape index (κ2) is 5.34. The monoisotopic (exact) mass is 357 g/mol. The first-order chi connectivity index (χ1) is 10.7. The fourth-order valence-electron chi connectivity index (χ4n) is 2.08. The van der Waals surface area contributed by atoms with Crippen molar-refractivity contribution < 1.29 is 36.4 Å². The Balaban J connectivity index is 2.58. The number of nitrogens with one attached hydrogen (secondary N) is 1. The molecule has 24 heavy (non-hydrogen) atoms. The van der Waals surface area contributed by atoms with Crippen LogP contribution in [0.1, 0.15) is 18.1 Å². The van der Waals surface area contributed by atoms with Gasteiger partial charge in [-0.15, -0.1) is 0 Å². The molecule has 1 atom stereocenters. The zero-order chi connectivity index (χ0) is 18.5. The van der Waals surface area contributed by atoms with Crippen LogP contribution in [0, 0.1) is 10.1 Å². The van der Waals surface area contributed by atoms with Crippen molar-refractivity contribution in [2.45, 2.75) is 25.0 Å². The Morgan fingerprint density at radius 2 is 1.79 bits per heavy atom. The summed E-state index contributed by atoms with van der Waals surface area (Å²) in [5.41, 5.74) is -5.16. The number of nitro groups is 1. The topological polar surface area (TPSA) is 78.6 Å². The van der Waals surface area contributed by atoms with Gasteiger partial charge in [0.2, 0.25) is 5.72 Å². The van der Waals surface area contributed by atoms with Gasteiger partial charge in [0.15, 0.2) is 0 Å². The predicted octanol–water partition coefficient (Wildman–Crippen LogP) is 2.88. The van der Waals surface area contributed by atoms with Gasteiger partial charge < -0.3 is 5.11 Å². The van der Waals surface area contributed by atoms with Crippen LogP contribution in [0.4, 0.5) is 32.0 Å². The number of anilines is 1. The quantitative estimate of drug-likeness (QED) is 0.483. The number of aliphatic hydroxyl groups is 1. The molecule has 0 saturated carbocycles. The van der Waals surface area contributed by atoms with Crippen LogP contribution in [0.2, 0.25) is 0 Å². The summed E-state index contributed by atoms with van der Waals surface area (Å²) < 4.78 is 77.1. The molecule has 0 aromatic heterocycles. The van der Waals surface area contributed by atoms with E-state index < -0.39 is 45.5 Å². The number of benzene rings is 1. The van der Waals surface area contributed by atoms with Gasteiger partial charge >= 0.3 is 18.0 Å². The van der Waals surface area contributed by atoms with Gasteiger partial charge in [-0.05, 0) is 25.1 Å². The average Bonchev–Trinajstić information content (AvgIpc) is 2.72. The number of halogens is 6. The molecule has 2 N–H and O–H groups in total. The van der Waals surface area contributed by atoms with E-state index in [2.05, 4.69) is 0 Å². The van der Waals surface area contributed by atoms with Gasteiger partial charge in [-0.1, -0.05) is 0 Å². The molecule has 0 aliphatic carbocycles. The van der Waals surface area contributed by atoms with Crippen molar-refractivity contribution in [3.05, 3.63) is 51.3 Å². The standard InChI is InChI=1S/C12H9F6N3O3/c1-10(22)9(21(23)24)5-20(19-10)8-3-2-6(11(13,14)15)4-7(8)12(16,17)18/h2-5,19,22H,1H3. The van der Waals surface area contributed by atoms with Gasteiger partial charge in [0.1, 0.15) is 0 Å². The lowest BCUT2D eigenvalue weighted by Crippen LogP contribution is -2.47. The van der Waals surface area contributed by atoms with Gasteiger partial charge in [0.05, 0.1) is 27.9 Å². The summed E-state index contributed by atoms with van der Waals surface area (Å²) in [4.78, 5) is 9.78. The Morgan fingerprint density at radius 3 is 2.21 bits per heavy atom. The molecule has 0 amide bonds. The highest BCUT2D eigenvalue weighted by Gasteiger charge is 2.46. The molecular weight excluding hydrogens is 348 g/mol. The summed E-state index contributed by atoms with van der Waals surface area (Å²) in [6, 6.07) is 0.802. The maximum Gasteiger partial charge on any atom is 0.418 e. The number of rotatable bonds is 2. The Hall–Kier alpha value is -2.34. The van der Waals surface area contributed by atoms with Crippen LogP contribution in [0.15, 0.2) is 30.1 Å². The Labute approximate surface area is 130 Å². The largest absolute Gasteiger partial charge is 0.418 e. The van der Waals surface area contributed by atoms with E-state index >= 15 is 0 Å². The molecule has 0 saturated heterocycles. The smallest absolute Gasteiger partial charge is 0.365 e. The first-order valence-electron chi connectivity index (χ1n) is 6.18. The van der Waals surface area contributed by atoms with Crippen molar-refractivity contribution in [3.8, 4) is 0 Å². The van der Waals surface area contributed by atoms with E-state index in [1.807, 2.05) is 5.43 Å². The molecule has 0 fully saturated rings. The number of nitrogens with zero attached hydrogens (tertiary/aromatic N) is 2. The molecule has 1 aromatic carbocycles. The van der Waals surface area contributed by atoms with Crippen LogP contribution in [0.3, 0.4) is 0 Å². The lowest BCUT2D eigenvalue weighted by atomic mass is 10.1. The molecule has 1 aliphatic rings. The third kappa shape index (κ3) is 3.28. The van der Waals surface area contributed by atoms with Crippen LogP contribution >= 0.6 is 0 Å². The van der Waals surface area contributed by atoms with E-state index in [9.17, 15) is 41.6 Å². The van der Waals surface area contributed by atoms with Gasteiger partial charge in [-0.25, -0.2) is 0 Å². The second-order valence-corrected chi connectivity index (χ2v) is 5.05. The van der Waals surface area contributed by atoms with Crippen molar-refractivity contribution in [1.29, 1.82) is 0 Å². The van der Waals surface area contributed by atoms with Crippen molar-refractivity contribution in [3.63, 3.8) is 0 Å². The predicted molar refractivity (Wildman–Crippen MR) is 67.8 cm³/mol. The van der Waals surface area contributed by atoms with Crippen molar-refractivity contribution in [2.24, 2.45) is 0 Å². The normalized spacial score (nSPS) is 21.8. The van der Waals surface area contributed by atoms with E-state index in [1.165, 1.54) is 0 Å². The van der Waals surface area contributed by atoms with Gasteiger partial charge in [0, 0.05) is 0 Å². The third-order valence-electron chi connectivity index (χ3n) is 3.17. The molecular formula is C12H9F6N3O3. The van der Waals surface area contributed by atoms with Gasteiger partial charge in [-0.2, -0.15) is 31.8 Å². The molecule has 1 heterocycles. The fourth-order valence-corrected chi connectivity index (χ4v) is 2.08. The Bertz CT molecular complexity index is 711. The van der Waals surface area contributed by atoms with Crippen LogP contribution in [-0.4, -0.2) is 15.8 Å². The zero-order valence-corrected chi connectivity index (χ0v) is 11.7. The number of hydrogen-bond acceptors (Lipinski definition) is 5. The molecule has 1 aliphatic heterocycles. The highest BCUT2D eigenvalue weighted by molar-refractivity contribution is 5.59. The minimum absolute atomic E-state index is 0.107. The van der Waals surface area contributed by atoms with E-state index in [1.54, 1.807) is 0 Å². The van der Waals surface area contributed by atoms with Crippen LogP contribution in [0.25, 0.3) is 0 Å². The zero-order valence-electron chi connectivity index (χ0n) is 11.7. The first kappa shape index (κ1) is 18.0. The second-order valence-electron chi connectivity index (χ2n) is 5.05. The van der Waals surface area contributed by atoms with Gasteiger partial charge in [0.25, 0.3) is 0 Å². The molecule has 12 heteroatoms. The molecule has 0 bridgehead atoms. The molecule has 0 radical (unpaired) electrons. The maximum atomic E-state index is 13.1. The van der Waals surface area contributed by atoms with Gasteiger partial charge in [-0.3, -0.25) is 15.1 Å². The van der Waals surface area contributed by atoms with Crippen LogP contribution in [0.5, 0.6) is 0 Å². The summed E-state index contributed by atoms with van der Waals surface area (Å²) in [6.07, 6.45) is -9.59. The molecule has 6 nitrogen and oxygen atoms in total. The molecule has 2 rings (SSSR count).